The van der Waals surface area contributed by atoms with E-state index in [1.807, 2.05) is 24.3 Å². The molecule has 2 bridgehead atoms. The van der Waals surface area contributed by atoms with Crippen LogP contribution in [0.2, 0.25) is 0 Å². The van der Waals surface area contributed by atoms with E-state index in [4.69, 9.17) is 0 Å². The largest absolute Gasteiger partial charge is 0.353 e. The first-order chi connectivity index (χ1) is 11.1. The normalized spacial score (nSPS) is 24.8. The summed E-state index contributed by atoms with van der Waals surface area (Å²) >= 11 is 0. The molecule has 120 valence electrons. The van der Waals surface area contributed by atoms with Gasteiger partial charge in [-0.2, -0.15) is 4.31 Å². The van der Waals surface area contributed by atoms with E-state index in [0.717, 1.165) is 11.8 Å². The number of carbonyl (C=O) groups excluding carboxylic acids is 1. The van der Waals surface area contributed by atoms with Gasteiger partial charge in [0.2, 0.25) is 15.9 Å². The van der Waals surface area contributed by atoms with Crippen molar-refractivity contribution in [2.45, 2.75) is 30.7 Å². The van der Waals surface area contributed by atoms with Crippen molar-refractivity contribution in [3.8, 4) is 0 Å². The Kier molecular flexibility index (Phi) is 3.35. The molecule has 0 radical (unpaired) electrons. The Balaban J connectivity index is 1.71. The van der Waals surface area contributed by atoms with Crippen molar-refractivity contribution in [2.24, 2.45) is 0 Å². The summed E-state index contributed by atoms with van der Waals surface area (Å²) in [6.07, 6.45) is 3.00. The number of hydrogen-bond acceptors (Lipinski definition) is 4. The summed E-state index contributed by atoms with van der Waals surface area (Å²) in [4.78, 5) is 16.3. The fraction of sp³-hybridized carbons (Fsp3) is 0.375. The zero-order chi connectivity index (χ0) is 16.0. The van der Waals surface area contributed by atoms with Gasteiger partial charge < -0.3 is 5.32 Å². The molecule has 2 fully saturated rings. The first kappa shape index (κ1) is 14.6. The van der Waals surface area contributed by atoms with Crippen LogP contribution in [0.1, 0.15) is 18.4 Å². The molecule has 2 aliphatic rings. The minimum absolute atomic E-state index is 0.120. The van der Waals surface area contributed by atoms with E-state index in [1.54, 1.807) is 12.3 Å². The first-order valence-electron chi connectivity index (χ1n) is 7.68. The standard InChI is InChI=1S/C16H17N3O3S/c20-16-14-7-6-13(9-18-16)19(14)23(21,22)10-12-4-1-3-11-5-2-8-17-15(11)12/h1-5,8,13-14H,6-7,9-10H2,(H,18,20). The number of nitrogens with one attached hydrogen (secondary N) is 1. The zero-order valence-electron chi connectivity index (χ0n) is 12.5. The Morgan fingerprint density at radius 2 is 2.04 bits per heavy atom. The van der Waals surface area contributed by atoms with E-state index in [9.17, 15) is 13.2 Å². The molecule has 0 spiro atoms. The van der Waals surface area contributed by atoms with Gasteiger partial charge in [-0.3, -0.25) is 9.78 Å². The third-order valence-electron chi connectivity index (χ3n) is 4.63. The molecule has 4 rings (SSSR count). The Labute approximate surface area is 134 Å². The van der Waals surface area contributed by atoms with Crippen LogP contribution in [0.25, 0.3) is 10.9 Å². The van der Waals surface area contributed by atoms with Gasteiger partial charge in [-0.05, 0) is 24.5 Å². The SMILES string of the molecule is O=C1NCC2CCC1N2S(=O)(=O)Cc1cccc2cccnc12. The zero-order valence-corrected chi connectivity index (χ0v) is 13.3. The molecule has 0 aliphatic carbocycles. The molecule has 2 saturated heterocycles. The third-order valence-corrected chi connectivity index (χ3v) is 6.50. The molecule has 1 amide bonds. The lowest BCUT2D eigenvalue weighted by atomic mass is 10.1. The predicted octanol–water partition coefficient (Wildman–Crippen LogP) is 1.03. The van der Waals surface area contributed by atoms with Gasteiger partial charge >= 0.3 is 0 Å². The molecule has 0 saturated carbocycles. The summed E-state index contributed by atoms with van der Waals surface area (Å²) in [5.74, 6) is -0.305. The Morgan fingerprint density at radius 3 is 2.91 bits per heavy atom. The lowest BCUT2D eigenvalue weighted by molar-refractivity contribution is -0.126. The second-order valence-corrected chi connectivity index (χ2v) is 7.94. The van der Waals surface area contributed by atoms with E-state index < -0.39 is 16.1 Å². The van der Waals surface area contributed by atoms with Gasteiger partial charge in [0.1, 0.15) is 6.04 Å². The van der Waals surface area contributed by atoms with E-state index in [0.29, 0.717) is 24.0 Å². The maximum Gasteiger partial charge on any atom is 0.238 e. The van der Waals surface area contributed by atoms with Crippen LogP contribution in [0.5, 0.6) is 0 Å². The molecule has 2 unspecified atom stereocenters. The van der Waals surface area contributed by atoms with Crippen molar-refractivity contribution in [2.75, 3.05) is 6.54 Å². The summed E-state index contributed by atoms with van der Waals surface area (Å²) < 4.78 is 27.3. The Morgan fingerprint density at radius 1 is 1.22 bits per heavy atom. The number of amides is 1. The molecule has 6 nitrogen and oxygen atoms in total. The second kappa shape index (κ2) is 5.28. The average molecular weight is 331 g/mol. The molecule has 7 heteroatoms. The van der Waals surface area contributed by atoms with Crippen molar-refractivity contribution in [3.63, 3.8) is 0 Å². The number of rotatable bonds is 3. The van der Waals surface area contributed by atoms with Crippen LogP contribution in [0, 0.1) is 0 Å². The second-order valence-electron chi connectivity index (χ2n) is 6.07. The summed E-state index contributed by atoms with van der Waals surface area (Å²) in [7, 11) is -3.56. The minimum atomic E-state index is -3.56. The van der Waals surface area contributed by atoms with Gasteiger partial charge in [0, 0.05) is 24.2 Å². The first-order valence-corrected chi connectivity index (χ1v) is 9.29. The number of benzene rings is 1. The summed E-state index contributed by atoms with van der Waals surface area (Å²) in [5.41, 5.74) is 1.38. The predicted molar refractivity (Wildman–Crippen MR) is 86.0 cm³/mol. The van der Waals surface area contributed by atoms with Crippen molar-refractivity contribution in [1.29, 1.82) is 0 Å². The fourth-order valence-corrected chi connectivity index (χ4v) is 5.61. The van der Waals surface area contributed by atoms with Gasteiger partial charge in [0.05, 0.1) is 11.3 Å². The monoisotopic (exact) mass is 331 g/mol. The molecule has 23 heavy (non-hydrogen) atoms. The number of fused-ring (bicyclic) bond motifs is 3. The van der Waals surface area contributed by atoms with Gasteiger partial charge in [-0.15, -0.1) is 0 Å². The molecule has 3 heterocycles. The molecule has 2 aliphatic heterocycles. The number of carbonyl (C=O) groups is 1. The van der Waals surface area contributed by atoms with Gasteiger partial charge in [0.25, 0.3) is 0 Å². The molecular weight excluding hydrogens is 314 g/mol. The molecule has 2 aromatic rings. The van der Waals surface area contributed by atoms with E-state index in [-0.39, 0.29) is 17.7 Å². The highest BCUT2D eigenvalue weighted by Crippen LogP contribution is 2.32. The Bertz CT molecular complexity index is 876. The molecular formula is C16H17N3O3S. The number of para-hydroxylation sites is 1. The third kappa shape index (κ3) is 2.40. The maximum atomic E-state index is 12.9. The summed E-state index contributed by atoms with van der Waals surface area (Å²) in [5, 5.41) is 3.70. The lowest BCUT2D eigenvalue weighted by Crippen LogP contribution is -2.57. The van der Waals surface area contributed by atoms with Crippen molar-refractivity contribution >= 4 is 26.8 Å². The van der Waals surface area contributed by atoms with Crippen LogP contribution < -0.4 is 5.32 Å². The van der Waals surface area contributed by atoms with Gasteiger partial charge in [-0.25, -0.2) is 8.42 Å². The smallest absolute Gasteiger partial charge is 0.238 e. The number of piperazine rings is 1. The van der Waals surface area contributed by atoms with E-state index >= 15 is 0 Å². The van der Waals surface area contributed by atoms with Crippen LogP contribution in [-0.4, -0.2) is 42.2 Å². The fourth-order valence-electron chi connectivity index (χ4n) is 3.61. The Hall–Kier alpha value is -1.99. The van der Waals surface area contributed by atoms with Crippen molar-refractivity contribution in [1.82, 2.24) is 14.6 Å². The molecule has 2 atom stereocenters. The van der Waals surface area contributed by atoms with Crippen molar-refractivity contribution < 1.29 is 13.2 Å². The van der Waals surface area contributed by atoms with Crippen molar-refractivity contribution in [3.05, 3.63) is 42.1 Å². The van der Waals surface area contributed by atoms with Gasteiger partial charge in [-0.1, -0.05) is 24.3 Å². The van der Waals surface area contributed by atoms with Crippen LogP contribution in [0.4, 0.5) is 0 Å². The number of pyridine rings is 1. The average Bonchev–Trinajstić information content (AvgIpc) is 2.89. The maximum absolute atomic E-state index is 12.9. The van der Waals surface area contributed by atoms with Gasteiger partial charge in [0.15, 0.2) is 0 Å². The van der Waals surface area contributed by atoms with Crippen LogP contribution in [0.3, 0.4) is 0 Å². The lowest BCUT2D eigenvalue weighted by Gasteiger charge is -2.33. The highest BCUT2D eigenvalue weighted by atomic mass is 32.2. The summed E-state index contributed by atoms with van der Waals surface area (Å²) in [6, 6.07) is 8.61. The van der Waals surface area contributed by atoms with Crippen LogP contribution >= 0.6 is 0 Å². The topological polar surface area (TPSA) is 79.4 Å². The van der Waals surface area contributed by atoms with E-state index in [1.165, 1.54) is 4.31 Å². The highest BCUT2D eigenvalue weighted by Gasteiger charge is 2.47. The highest BCUT2D eigenvalue weighted by molar-refractivity contribution is 7.88. The number of nitrogens with zero attached hydrogens (tertiary/aromatic N) is 2. The van der Waals surface area contributed by atoms with E-state index in [2.05, 4.69) is 10.3 Å². The minimum Gasteiger partial charge on any atom is -0.353 e. The quantitative estimate of drug-likeness (QED) is 0.911. The number of aromatic nitrogens is 1. The molecule has 1 N–H and O–H groups in total. The molecule has 1 aromatic carbocycles. The number of hydrogen-bond donors (Lipinski definition) is 1. The number of sulfonamides is 1. The van der Waals surface area contributed by atoms with Crippen LogP contribution in [-0.2, 0) is 20.6 Å². The van der Waals surface area contributed by atoms with Crippen LogP contribution in [0.15, 0.2) is 36.5 Å². The molecule has 1 aromatic heterocycles. The summed E-state index contributed by atoms with van der Waals surface area (Å²) in [6.45, 7) is 0.405.